The number of hydrogen-bond donors (Lipinski definition) is 0. The van der Waals surface area contributed by atoms with Gasteiger partial charge in [-0.15, -0.1) is 0 Å². The number of nitrogens with zero attached hydrogens (tertiary/aromatic N) is 3. The van der Waals surface area contributed by atoms with Crippen molar-refractivity contribution in [3.05, 3.63) is 68.8 Å². The van der Waals surface area contributed by atoms with Crippen molar-refractivity contribution >= 4 is 27.0 Å². The molecule has 0 aliphatic heterocycles. The maximum atomic E-state index is 12.7. The van der Waals surface area contributed by atoms with E-state index in [1.807, 2.05) is 31.2 Å². The van der Waals surface area contributed by atoms with Gasteiger partial charge < -0.3 is 4.84 Å². The van der Waals surface area contributed by atoms with Crippen molar-refractivity contribution < 1.29 is 9.57 Å². The lowest BCUT2D eigenvalue weighted by Gasteiger charge is -2.05. The molecule has 0 atom stereocenters. The average molecular weight is 361 g/mol. The highest BCUT2D eigenvalue weighted by Crippen LogP contribution is 2.11. The Kier molecular flexibility index (Phi) is 3.94. The van der Waals surface area contributed by atoms with Gasteiger partial charge in [0.15, 0.2) is 6.20 Å². The van der Waals surface area contributed by atoms with Crippen molar-refractivity contribution in [3.8, 4) is 0 Å². The summed E-state index contributed by atoms with van der Waals surface area (Å²) in [5, 5.41) is 0.505. The van der Waals surface area contributed by atoms with Gasteiger partial charge in [0.2, 0.25) is 6.33 Å². The van der Waals surface area contributed by atoms with Gasteiger partial charge in [0, 0.05) is 0 Å². The summed E-state index contributed by atoms with van der Waals surface area (Å²) in [5.41, 5.74) is 2.65. The van der Waals surface area contributed by atoms with Crippen molar-refractivity contribution in [3.63, 3.8) is 0 Å². The quantitative estimate of drug-likeness (QED) is 0.669. The van der Waals surface area contributed by atoms with Crippen LogP contribution in [-0.2, 0) is 6.54 Å². The van der Waals surface area contributed by atoms with Gasteiger partial charge in [-0.1, -0.05) is 29.8 Å². The highest BCUT2D eigenvalue weighted by molar-refractivity contribution is 9.10. The molecule has 5 nitrogen and oxygen atoms in total. The Labute approximate surface area is 135 Å². The van der Waals surface area contributed by atoms with E-state index in [-0.39, 0.29) is 5.56 Å². The van der Waals surface area contributed by atoms with Crippen LogP contribution in [0.15, 0.2) is 52.1 Å². The minimum absolute atomic E-state index is 0.0994. The Morgan fingerprint density at radius 1 is 1.32 bits per heavy atom. The smallest absolute Gasteiger partial charge is 0.339 e. The van der Waals surface area contributed by atoms with Crippen LogP contribution < -0.4 is 15.1 Å². The Morgan fingerprint density at radius 3 is 2.73 bits per heavy atom. The molecule has 0 aliphatic rings. The van der Waals surface area contributed by atoms with E-state index in [0.29, 0.717) is 17.6 Å². The summed E-state index contributed by atoms with van der Waals surface area (Å²) in [6.45, 7) is 2.52. The minimum Gasteiger partial charge on any atom is -0.339 e. The number of pyridine rings is 1. The maximum Gasteiger partial charge on any atom is 0.376 e. The van der Waals surface area contributed by atoms with Crippen molar-refractivity contribution in [1.29, 1.82) is 0 Å². The van der Waals surface area contributed by atoms with Gasteiger partial charge in [0.1, 0.15) is 12.5 Å². The molecule has 2 aromatic heterocycles. The lowest BCUT2D eigenvalue weighted by molar-refractivity contribution is -0.867. The number of rotatable bonds is 3. The molecule has 0 amide bonds. The molecule has 0 spiro atoms. The van der Waals surface area contributed by atoms with E-state index >= 15 is 0 Å². The highest BCUT2D eigenvalue weighted by atomic mass is 79.9. The van der Waals surface area contributed by atoms with Gasteiger partial charge in [-0.3, -0.25) is 9.36 Å². The molecule has 6 heteroatoms. The van der Waals surface area contributed by atoms with Crippen molar-refractivity contribution in [2.24, 2.45) is 0 Å². The van der Waals surface area contributed by atoms with Crippen molar-refractivity contribution in [2.75, 3.05) is 7.11 Å². The van der Waals surface area contributed by atoms with Gasteiger partial charge in [-0.05, 0) is 44.2 Å². The Balaban J connectivity index is 2.10. The van der Waals surface area contributed by atoms with E-state index in [1.54, 1.807) is 23.2 Å². The van der Waals surface area contributed by atoms with Gasteiger partial charge >= 0.3 is 5.65 Å². The predicted molar refractivity (Wildman–Crippen MR) is 86.7 cm³/mol. The topological polar surface area (TPSA) is 48.0 Å². The Bertz CT molecular complexity index is 888. The second-order valence-electron chi connectivity index (χ2n) is 5.07. The normalized spacial score (nSPS) is 10.9. The molecule has 1 aromatic carbocycles. The van der Waals surface area contributed by atoms with Gasteiger partial charge in [-0.2, -0.15) is 0 Å². The number of hydrogen-bond acceptors (Lipinski definition) is 3. The Morgan fingerprint density at radius 2 is 2.05 bits per heavy atom. The lowest BCUT2D eigenvalue weighted by Crippen LogP contribution is -2.43. The third kappa shape index (κ3) is 2.74. The van der Waals surface area contributed by atoms with Gasteiger partial charge in [0.25, 0.3) is 5.56 Å². The van der Waals surface area contributed by atoms with Crippen LogP contribution in [0.25, 0.3) is 11.0 Å². The summed E-state index contributed by atoms with van der Waals surface area (Å²) >= 11 is 3.38. The number of halogens is 1. The van der Waals surface area contributed by atoms with Crippen LogP contribution in [0, 0.1) is 6.92 Å². The van der Waals surface area contributed by atoms with Crippen molar-refractivity contribution in [1.82, 2.24) is 9.55 Å². The first-order valence-electron chi connectivity index (χ1n) is 6.79. The molecule has 0 aliphatic carbocycles. The number of fused-ring (bicyclic) bond motifs is 1. The molecule has 2 heterocycles. The van der Waals surface area contributed by atoms with E-state index in [9.17, 15) is 4.79 Å². The second-order valence-corrected chi connectivity index (χ2v) is 5.98. The number of aromatic nitrogens is 3. The Hall–Kier alpha value is -2.21. The third-order valence-corrected chi connectivity index (χ3v) is 3.89. The summed E-state index contributed by atoms with van der Waals surface area (Å²) in [5.74, 6) is 0. The molecule has 112 valence electrons. The van der Waals surface area contributed by atoms with E-state index in [0.717, 1.165) is 10.0 Å². The van der Waals surface area contributed by atoms with Gasteiger partial charge in [0.05, 0.1) is 11.0 Å². The van der Waals surface area contributed by atoms with Crippen LogP contribution in [0.4, 0.5) is 0 Å². The first-order valence-corrected chi connectivity index (χ1v) is 7.58. The average Bonchev–Trinajstić information content (AvgIpc) is 2.52. The summed E-state index contributed by atoms with van der Waals surface area (Å²) in [7, 11) is 1.53. The van der Waals surface area contributed by atoms with Crippen LogP contribution in [-0.4, -0.2) is 16.7 Å². The molecule has 0 bridgehead atoms. The molecule has 0 radical (unpaired) electrons. The van der Waals surface area contributed by atoms with Gasteiger partial charge in [-0.25, -0.2) is 0 Å². The van der Waals surface area contributed by atoms with Crippen LogP contribution in [0.5, 0.6) is 0 Å². The summed E-state index contributed by atoms with van der Waals surface area (Å²) < 4.78 is 3.82. The lowest BCUT2D eigenvalue weighted by atomic mass is 10.1. The number of aryl methyl sites for hydroxylation is 1. The van der Waals surface area contributed by atoms with Crippen molar-refractivity contribution in [2.45, 2.75) is 13.5 Å². The zero-order valence-electron chi connectivity index (χ0n) is 12.3. The monoisotopic (exact) mass is 360 g/mol. The molecular formula is C16H15BrN3O2+. The summed E-state index contributed by atoms with van der Waals surface area (Å²) in [6.07, 6.45) is 3.27. The molecule has 3 rings (SSSR count). The molecule has 0 N–H and O–H groups in total. The fraction of sp³-hybridized carbons (Fsp3) is 0.188. The molecule has 3 aromatic rings. The fourth-order valence-electron chi connectivity index (χ4n) is 2.29. The summed E-state index contributed by atoms with van der Waals surface area (Å²) in [4.78, 5) is 22.2. The molecular weight excluding hydrogens is 346 g/mol. The second kappa shape index (κ2) is 5.88. The van der Waals surface area contributed by atoms with E-state index < -0.39 is 0 Å². The molecule has 0 saturated carbocycles. The highest BCUT2D eigenvalue weighted by Gasteiger charge is 2.17. The molecule has 22 heavy (non-hydrogen) atoms. The minimum atomic E-state index is -0.0994. The first-order chi connectivity index (χ1) is 10.6. The largest absolute Gasteiger partial charge is 0.376 e. The SMILES string of the molecule is CO[n+]1cc(Br)cc2c(=O)n(Cc3ccc(C)cc3)cnc21. The van der Waals surface area contributed by atoms with Crippen LogP contribution in [0.1, 0.15) is 11.1 Å². The zero-order valence-corrected chi connectivity index (χ0v) is 13.9. The standard InChI is InChI=1S/C16H15BrN3O2/c1-11-3-5-12(6-4-11)8-19-10-18-15-14(16(19)21)7-13(17)9-20(15)22-2/h3-7,9-10H,8H2,1-2H3/q+1. The van der Waals surface area contributed by atoms with Crippen LogP contribution in [0.3, 0.4) is 0 Å². The predicted octanol–water partition coefficient (Wildman–Crippen LogP) is 1.86. The molecule has 0 unspecified atom stereocenters. The van der Waals surface area contributed by atoms with Crippen LogP contribution in [0.2, 0.25) is 0 Å². The maximum absolute atomic E-state index is 12.7. The molecule has 0 saturated heterocycles. The fourth-order valence-corrected chi connectivity index (χ4v) is 2.70. The van der Waals surface area contributed by atoms with E-state index in [2.05, 4.69) is 20.9 Å². The van der Waals surface area contributed by atoms with E-state index in [4.69, 9.17) is 4.84 Å². The first kappa shape index (κ1) is 14.7. The third-order valence-electron chi connectivity index (χ3n) is 3.45. The number of benzene rings is 1. The van der Waals surface area contributed by atoms with Crippen LogP contribution >= 0.6 is 15.9 Å². The summed E-state index contributed by atoms with van der Waals surface area (Å²) in [6, 6.07) is 9.85. The molecule has 0 fully saturated rings. The zero-order chi connectivity index (χ0) is 15.7. The van der Waals surface area contributed by atoms with E-state index in [1.165, 1.54) is 17.4 Å².